The molecule has 3 aliphatic rings. The molecule has 0 aliphatic heterocycles. The molecule has 3 saturated carbocycles. The summed E-state index contributed by atoms with van der Waals surface area (Å²) in [4.78, 5) is 0. The summed E-state index contributed by atoms with van der Waals surface area (Å²) in [5.41, 5.74) is 6.70. The first-order chi connectivity index (χ1) is 15.9. The van der Waals surface area contributed by atoms with Crippen LogP contribution in [0.5, 0.6) is 0 Å². The number of hydrogen-bond acceptors (Lipinski definition) is 0. The predicted molar refractivity (Wildman–Crippen MR) is 147 cm³/mol. The van der Waals surface area contributed by atoms with Gasteiger partial charge >= 0.3 is 0 Å². The van der Waals surface area contributed by atoms with Crippen LogP contribution in [0.25, 0.3) is 0 Å². The lowest BCUT2D eigenvalue weighted by Crippen LogP contribution is -2.31. The van der Waals surface area contributed by atoms with E-state index >= 15 is 0 Å². The Bertz CT molecular complexity index is 720. The molecular weight excluding hydrogens is 396 g/mol. The SMILES string of the molecule is CC.CCCC1CCC(c2cc(C(C)C)cc(CC3CC4C(C)CCC4[C@@H](C)C3)c2C)CC1. The van der Waals surface area contributed by atoms with Gasteiger partial charge in [-0.3, -0.25) is 0 Å². The van der Waals surface area contributed by atoms with E-state index in [2.05, 4.69) is 53.7 Å². The molecule has 0 aromatic heterocycles. The van der Waals surface area contributed by atoms with Gasteiger partial charge in [0, 0.05) is 0 Å². The van der Waals surface area contributed by atoms with Gasteiger partial charge < -0.3 is 0 Å². The summed E-state index contributed by atoms with van der Waals surface area (Å²) in [6.07, 6.45) is 15.9. The van der Waals surface area contributed by atoms with Crippen molar-refractivity contribution >= 4 is 0 Å². The number of fused-ring (bicyclic) bond motifs is 1. The lowest BCUT2D eigenvalue weighted by molar-refractivity contribution is 0.120. The van der Waals surface area contributed by atoms with Crippen molar-refractivity contribution in [3.63, 3.8) is 0 Å². The van der Waals surface area contributed by atoms with Gasteiger partial charge in [-0.15, -0.1) is 0 Å². The van der Waals surface area contributed by atoms with Crippen LogP contribution in [-0.2, 0) is 6.42 Å². The molecule has 0 saturated heterocycles. The van der Waals surface area contributed by atoms with E-state index in [0.717, 1.165) is 41.4 Å². The number of rotatable bonds is 6. The second-order valence-electron chi connectivity index (χ2n) is 12.5. The molecule has 0 spiro atoms. The summed E-state index contributed by atoms with van der Waals surface area (Å²) < 4.78 is 0. The minimum absolute atomic E-state index is 0.638. The van der Waals surface area contributed by atoms with Crippen LogP contribution in [0.3, 0.4) is 0 Å². The van der Waals surface area contributed by atoms with Gasteiger partial charge in [0.2, 0.25) is 0 Å². The largest absolute Gasteiger partial charge is 0.0683 e. The molecule has 0 nitrogen and oxygen atoms in total. The van der Waals surface area contributed by atoms with Gasteiger partial charge in [-0.25, -0.2) is 0 Å². The smallest absolute Gasteiger partial charge is 0.0159 e. The van der Waals surface area contributed by atoms with Gasteiger partial charge in [-0.2, -0.15) is 0 Å². The molecule has 0 bridgehead atoms. The predicted octanol–water partition coefficient (Wildman–Crippen LogP) is 10.5. The van der Waals surface area contributed by atoms with E-state index < -0.39 is 0 Å². The van der Waals surface area contributed by atoms with Crippen molar-refractivity contribution in [2.24, 2.45) is 35.5 Å². The monoisotopic (exact) mass is 452 g/mol. The summed E-state index contributed by atoms with van der Waals surface area (Å²) in [6, 6.07) is 5.23. The Morgan fingerprint density at radius 3 is 2.15 bits per heavy atom. The van der Waals surface area contributed by atoms with E-state index in [1.54, 1.807) is 22.3 Å². The van der Waals surface area contributed by atoms with Crippen molar-refractivity contribution in [3.05, 3.63) is 34.4 Å². The first-order valence-corrected chi connectivity index (χ1v) is 15.0. The fraction of sp³-hybridized carbons (Fsp3) is 0.818. The third-order valence-corrected chi connectivity index (χ3v) is 10.0. The fourth-order valence-electron chi connectivity index (χ4n) is 8.04. The van der Waals surface area contributed by atoms with Crippen molar-refractivity contribution < 1.29 is 0 Å². The second kappa shape index (κ2) is 12.3. The summed E-state index contributed by atoms with van der Waals surface area (Å²) in [5, 5.41) is 0. The summed E-state index contributed by atoms with van der Waals surface area (Å²) in [5.74, 6) is 7.31. The van der Waals surface area contributed by atoms with Crippen molar-refractivity contribution in [1.29, 1.82) is 0 Å². The molecule has 188 valence electrons. The van der Waals surface area contributed by atoms with E-state index in [0.29, 0.717) is 5.92 Å². The standard InChI is InChI=1S/C31H50.C2H6/c1-7-8-24-10-12-26(13-11-24)31-19-27(20(2)3)18-28(23(31)6)16-25-15-22(5)29-14-9-21(4)30(29)17-25;1-2/h18-22,24-26,29-30H,7-17H2,1-6H3;1-2H3/t21?,22-,24?,25?,26?,29?,30?;/m0./s1. The number of hydrogen-bond donors (Lipinski definition) is 0. The zero-order valence-electron chi connectivity index (χ0n) is 23.6. The fourth-order valence-corrected chi connectivity index (χ4v) is 8.04. The highest BCUT2D eigenvalue weighted by Crippen LogP contribution is 2.51. The topological polar surface area (TPSA) is 0 Å². The summed E-state index contributed by atoms with van der Waals surface area (Å²) in [7, 11) is 0. The second-order valence-corrected chi connectivity index (χ2v) is 12.5. The van der Waals surface area contributed by atoms with Gasteiger partial charge in [-0.05, 0) is 128 Å². The van der Waals surface area contributed by atoms with Gasteiger partial charge in [0.1, 0.15) is 0 Å². The van der Waals surface area contributed by atoms with Crippen LogP contribution in [0.1, 0.15) is 147 Å². The Labute approximate surface area is 207 Å². The van der Waals surface area contributed by atoms with Crippen LogP contribution in [0.15, 0.2) is 12.1 Å². The highest BCUT2D eigenvalue weighted by atomic mass is 14.5. The lowest BCUT2D eigenvalue weighted by Gasteiger charge is -2.39. The third-order valence-electron chi connectivity index (χ3n) is 10.0. The van der Waals surface area contributed by atoms with Crippen LogP contribution >= 0.6 is 0 Å². The normalized spacial score (nSPS) is 34.0. The minimum atomic E-state index is 0.638. The van der Waals surface area contributed by atoms with Crippen LogP contribution in [0, 0.1) is 42.4 Å². The molecule has 0 N–H and O–H groups in total. The van der Waals surface area contributed by atoms with Gasteiger partial charge in [0.05, 0.1) is 0 Å². The van der Waals surface area contributed by atoms with Crippen LogP contribution in [0.4, 0.5) is 0 Å². The van der Waals surface area contributed by atoms with Gasteiger partial charge in [0.25, 0.3) is 0 Å². The highest BCUT2D eigenvalue weighted by Gasteiger charge is 2.42. The molecule has 1 aromatic carbocycles. The van der Waals surface area contributed by atoms with Gasteiger partial charge in [0.15, 0.2) is 0 Å². The molecular formula is C33H56. The Hall–Kier alpha value is -0.780. The molecule has 3 fully saturated rings. The van der Waals surface area contributed by atoms with Gasteiger partial charge in [-0.1, -0.05) is 79.9 Å². The maximum Gasteiger partial charge on any atom is -0.0159 e. The zero-order valence-corrected chi connectivity index (χ0v) is 23.6. The molecule has 1 aromatic rings. The van der Waals surface area contributed by atoms with E-state index in [-0.39, 0.29) is 0 Å². The highest BCUT2D eigenvalue weighted by molar-refractivity contribution is 5.42. The quantitative estimate of drug-likeness (QED) is 0.402. The average molecular weight is 453 g/mol. The minimum Gasteiger partial charge on any atom is -0.0683 e. The Morgan fingerprint density at radius 1 is 0.818 bits per heavy atom. The van der Waals surface area contributed by atoms with Crippen molar-refractivity contribution in [2.75, 3.05) is 0 Å². The first kappa shape index (κ1) is 26.8. The maximum absolute atomic E-state index is 2.62. The Balaban J connectivity index is 0.00000149. The van der Waals surface area contributed by atoms with E-state index in [1.165, 1.54) is 70.6 Å². The molecule has 33 heavy (non-hydrogen) atoms. The molecule has 4 unspecified atom stereocenters. The molecule has 0 radical (unpaired) electrons. The zero-order chi connectivity index (χ0) is 24.1. The van der Waals surface area contributed by atoms with Crippen molar-refractivity contribution in [3.8, 4) is 0 Å². The third kappa shape index (κ3) is 6.27. The average Bonchev–Trinajstić information content (AvgIpc) is 3.18. The number of benzene rings is 1. The molecule has 4 rings (SSSR count). The lowest BCUT2D eigenvalue weighted by atomic mass is 9.66. The maximum atomic E-state index is 2.62. The molecule has 3 aliphatic carbocycles. The van der Waals surface area contributed by atoms with E-state index in [9.17, 15) is 0 Å². The molecule has 0 amide bonds. The first-order valence-electron chi connectivity index (χ1n) is 15.0. The molecule has 5 atom stereocenters. The summed E-state index contributed by atoms with van der Waals surface area (Å²) in [6.45, 7) is 18.7. The van der Waals surface area contributed by atoms with Crippen LogP contribution in [-0.4, -0.2) is 0 Å². The van der Waals surface area contributed by atoms with E-state index in [4.69, 9.17) is 0 Å². The van der Waals surface area contributed by atoms with Crippen LogP contribution < -0.4 is 0 Å². The van der Waals surface area contributed by atoms with Crippen molar-refractivity contribution in [2.45, 2.75) is 138 Å². The van der Waals surface area contributed by atoms with E-state index in [1.807, 2.05) is 13.8 Å². The molecule has 0 heteroatoms. The Morgan fingerprint density at radius 2 is 1.52 bits per heavy atom. The molecule has 0 heterocycles. The van der Waals surface area contributed by atoms with Crippen molar-refractivity contribution in [1.82, 2.24) is 0 Å². The Kier molecular flexibility index (Phi) is 9.97. The summed E-state index contributed by atoms with van der Waals surface area (Å²) >= 11 is 0. The van der Waals surface area contributed by atoms with Crippen LogP contribution in [0.2, 0.25) is 0 Å².